The van der Waals surface area contributed by atoms with E-state index in [0.717, 1.165) is 5.56 Å². The maximum absolute atomic E-state index is 13.2. The van der Waals surface area contributed by atoms with E-state index in [2.05, 4.69) is 5.32 Å². The van der Waals surface area contributed by atoms with E-state index in [1.54, 1.807) is 20.8 Å². The SMILES string of the molecule is CC(C)C(OCC(=O)OC(C)(C)C)[C@H](NC(=O)OCc1ccccc1)C(=O)N1CCC(=O)C1. The molecule has 0 bridgehead atoms. The first kappa shape index (κ1) is 26.3. The zero-order chi connectivity index (χ0) is 24.6. The molecule has 0 aromatic heterocycles. The van der Waals surface area contributed by atoms with Gasteiger partial charge < -0.3 is 24.4 Å². The van der Waals surface area contributed by atoms with Crippen molar-refractivity contribution in [3.63, 3.8) is 0 Å². The monoisotopic (exact) mass is 462 g/mol. The molecule has 1 heterocycles. The minimum absolute atomic E-state index is 0.0209. The van der Waals surface area contributed by atoms with Crippen LogP contribution in [-0.4, -0.2) is 66.1 Å². The molecule has 9 heteroatoms. The first-order valence-electron chi connectivity index (χ1n) is 11.1. The van der Waals surface area contributed by atoms with Gasteiger partial charge in [0.2, 0.25) is 5.91 Å². The van der Waals surface area contributed by atoms with Crippen molar-refractivity contribution in [3.05, 3.63) is 35.9 Å². The Morgan fingerprint density at radius 1 is 1.12 bits per heavy atom. The lowest BCUT2D eigenvalue weighted by Crippen LogP contribution is -2.56. The Balaban J connectivity index is 2.12. The van der Waals surface area contributed by atoms with Crippen molar-refractivity contribution < 1.29 is 33.4 Å². The summed E-state index contributed by atoms with van der Waals surface area (Å²) in [6, 6.07) is 7.99. The van der Waals surface area contributed by atoms with Gasteiger partial charge in [0.05, 0.1) is 12.6 Å². The molecule has 2 atom stereocenters. The Bertz CT molecular complexity index is 833. The van der Waals surface area contributed by atoms with Crippen LogP contribution in [0.2, 0.25) is 0 Å². The van der Waals surface area contributed by atoms with Gasteiger partial charge in [-0.2, -0.15) is 0 Å². The average molecular weight is 463 g/mol. The van der Waals surface area contributed by atoms with E-state index < -0.39 is 35.7 Å². The molecule has 1 saturated heterocycles. The number of amides is 2. The van der Waals surface area contributed by atoms with Crippen molar-refractivity contribution in [1.82, 2.24) is 10.2 Å². The second-order valence-corrected chi connectivity index (χ2v) is 9.34. The second-order valence-electron chi connectivity index (χ2n) is 9.34. The van der Waals surface area contributed by atoms with E-state index in [1.165, 1.54) is 4.90 Å². The summed E-state index contributed by atoms with van der Waals surface area (Å²) < 4.78 is 16.3. The molecule has 0 radical (unpaired) electrons. The van der Waals surface area contributed by atoms with E-state index in [4.69, 9.17) is 14.2 Å². The number of rotatable bonds is 9. The third-order valence-corrected chi connectivity index (χ3v) is 4.89. The van der Waals surface area contributed by atoms with Crippen LogP contribution in [0.15, 0.2) is 30.3 Å². The van der Waals surface area contributed by atoms with Crippen molar-refractivity contribution in [2.24, 2.45) is 5.92 Å². The molecule has 2 amide bonds. The summed E-state index contributed by atoms with van der Waals surface area (Å²) in [7, 11) is 0. The van der Waals surface area contributed by atoms with E-state index >= 15 is 0 Å². The normalized spacial score (nSPS) is 15.8. The predicted molar refractivity (Wildman–Crippen MR) is 120 cm³/mol. The van der Waals surface area contributed by atoms with Crippen LogP contribution in [0.5, 0.6) is 0 Å². The highest BCUT2D eigenvalue weighted by molar-refractivity contribution is 5.93. The molecule has 1 unspecified atom stereocenters. The number of ketones is 1. The van der Waals surface area contributed by atoms with Crippen molar-refractivity contribution in [2.75, 3.05) is 19.7 Å². The number of nitrogens with one attached hydrogen (secondary N) is 1. The minimum Gasteiger partial charge on any atom is -0.458 e. The summed E-state index contributed by atoms with van der Waals surface area (Å²) in [6.45, 7) is 8.74. The van der Waals surface area contributed by atoms with Crippen molar-refractivity contribution in [2.45, 2.75) is 65.4 Å². The Hall–Kier alpha value is -2.94. The van der Waals surface area contributed by atoms with Gasteiger partial charge in [-0.25, -0.2) is 9.59 Å². The number of likely N-dealkylation sites (tertiary alicyclic amines) is 1. The highest BCUT2D eigenvalue weighted by Gasteiger charge is 2.38. The van der Waals surface area contributed by atoms with Crippen LogP contribution >= 0.6 is 0 Å². The fourth-order valence-corrected chi connectivity index (χ4v) is 3.40. The summed E-state index contributed by atoms with van der Waals surface area (Å²) in [5.41, 5.74) is 0.112. The lowest BCUT2D eigenvalue weighted by atomic mass is 9.98. The number of esters is 1. The Kier molecular flexibility index (Phi) is 9.40. The van der Waals surface area contributed by atoms with Gasteiger partial charge in [-0.1, -0.05) is 44.2 Å². The maximum Gasteiger partial charge on any atom is 0.408 e. The molecular weight excluding hydrogens is 428 g/mol. The van der Waals surface area contributed by atoms with Crippen molar-refractivity contribution in [1.29, 1.82) is 0 Å². The molecule has 33 heavy (non-hydrogen) atoms. The fraction of sp³-hybridized carbons (Fsp3) is 0.583. The zero-order valence-corrected chi connectivity index (χ0v) is 20.0. The Labute approximate surface area is 194 Å². The molecule has 1 aromatic carbocycles. The van der Waals surface area contributed by atoms with Gasteiger partial charge in [-0.05, 0) is 32.3 Å². The molecule has 1 N–H and O–H groups in total. The van der Waals surface area contributed by atoms with Gasteiger partial charge in [-0.3, -0.25) is 9.59 Å². The number of carbonyl (C=O) groups excluding carboxylic acids is 4. The molecular formula is C24H34N2O7. The van der Waals surface area contributed by atoms with Gasteiger partial charge in [0.25, 0.3) is 0 Å². The molecule has 1 aromatic rings. The lowest BCUT2D eigenvalue weighted by Gasteiger charge is -2.32. The van der Waals surface area contributed by atoms with Crippen LogP contribution in [0.4, 0.5) is 4.79 Å². The van der Waals surface area contributed by atoms with Gasteiger partial charge in [0, 0.05) is 13.0 Å². The largest absolute Gasteiger partial charge is 0.458 e. The summed E-state index contributed by atoms with van der Waals surface area (Å²) in [5, 5.41) is 2.59. The molecule has 0 saturated carbocycles. The number of hydrogen-bond acceptors (Lipinski definition) is 7. The number of alkyl carbamates (subject to hydrolysis) is 1. The van der Waals surface area contributed by atoms with E-state index in [9.17, 15) is 19.2 Å². The topological polar surface area (TPSA) is 111 Å². The van der Waals surface area contributed by atoms with Gasteiger partial charge >= 0.3 is 12.1 Å². The Morgan fingerprint density at radius 3 is 2.33 bits per heavy atom. The number of benzene rings is 1. The number of carbonyl (C=O) groups is 4. The van der Waals surface area contributed by atoms with Crippen LogP contribution < -0.4 is 5.32 Å². The third kappa shape index (κ3) is 8.84. The average Bonchev–Trinajstić information content (AvgIpc) is 3.16. The second kappa shape index (κ2) is 11.8. The van der Waals surface area contributed by atoms with Gasteiger partial charge in [0.1, 0.15) is 24.9 Å². The van der Waals surface area contributed by atoms with Crippen LogP contribution in [-0.2, 0) is 35.2 Å². The lowest BCUT2D eigenvalue weighted by molar-refractivity contribution is -0.165. The fourth-order valence-electron chi connectivity index (χ4n) is 3.40. The summed E-state index contributed by atoms with van der Waals surface area (Å²) in [4.78, 5) is 51.0. The molecule has 2 rings (SSSR count). The summed E-state index contributed by atoms with van der Waals surface area (Å²) in [6.07, 6.45) is -1.37. The number of nitrogens with zero attached hydrogens (tertiary/aromatic N) is 1. The van der Waals surface area contributed by atoms with Crippen LogP contribution in [0.3, 0.4) is 0 Å². The molecule has 0 spiro atoms. The van der Waals surface area contributed by atoms with E-state index in [0.29, 0.717) is 0 Å². The number of hydrogen-bond donors (Lipinski definition) is 1. The molecule has 0 aliphatic carbocycles. The van der Waals surface area contributed by atoms with Crippen LogP contribution in [0.1, 0.15) is 46.6 Å². The molecule has 9 nitrogen and oxygen atoms in total. The quantitative estimate of drug-likeness (QED) is 0.561. The highest BCUT2D eigenvalue weighted by atomic mass is 16.6. The first-order chi connectivity index (χ1) is 15.5. The smallest absolute Gasteiger partial charge is 0.408 e. The van der Waals surface area contributed by atoms with E-state index in [-0.39, 0.29) is 44.4 Å². The molecule has 1 fully saturated rings. The van der Waals surface area contributed by atoms with Crippen LogP contribution in [0.25, 0.3) is 0 Å². The van der Waals surface area contributed by atoms with Gasteiger partial charge in [-0.15, -0.1) is 0 Å². The summed E-state index contributed by atoms with van der Waals surface area (Å²) in [5.74, 6) is -1.33. The molecule has 1 aliphatic rings. The highest BCUT2D eigenvalue weighted by Crippen LogP contribution is 2.18. The molecule has 182 valence electrons. The minimum atomic E-state index is -1.14. The zero-order valence-electron chi connectivity index (χ0n) is 20.0. The summed E-state index contributed by atoms with van der Waals surface area (Å²) >= 11 is 0. The number of Topliss-reactive ketones (excluding diaryl/α,β-unsaturated/α-hetero) is 1. The van der Waals surface area contributed by atoms with Crippen molar-refractivity contribution >= 4 is 23.8 Å². The van der Waals surface area contributed by atoms with Crippen LogP contribution in [0, 0.1) is 5.92 Å². The Morgan fingerprint density at radius 2 is 1.79 bits per heavy atom. The standard InChI is InChI=1S/C24H34N2O7/c1-16(2)21(31-15-19(28)33-24(3,4)5)20(22(29)26-12-11-18(27)13-26)25-23(30)32-14-17-9-7-6-8-10-17/h6-10,16,20-21H,11-15H2,1-5H3,(H,25,30)/t20-,21?/m0/s1. The first-order valence-corrected chi connectivity index (χ1v) is 11.1. The molecule has 1 aliphatic heterocycles. The van der Waals surface area contributed by atoms with E-state index in [1.807, 2.05) is 44.2 Å². The predicted octanol–water partition coefficient (Wildman–Crippen LogP) is 2.47. The third-order valence-electron chi connectivity index (χ3n) is 4.89. The maximum atomic E-state index is 13.2. The number of ether oxygens (including phenoxy) is 3. The van der Waals surface area contributed by atoms with Crippen molar-refractivity contribution in [3.8, 4) is 0 Å². The van der Waals surface area contributed by atoms with Gasteiger partial charge in [0.15, 0.2) is 5.78 Å².